The first-order valence-electron chi connectivity index (χ1n) is 8.33. The normalized spacial score (nSPS) is 35.5. The zero-order valence-corrected chi connectivity index (χ0v) is 13.1. The minimum atomic E-state index is -0.415. The highest BCUT2D eigenvalue weighted by Gasteiger charge is 2.45. The van der Waals surface area contributed by atoms with E-state index in [1.807, 2.05) is 6.92 Å². The second-order valence-electron chi connectivity index (χ2n) is 6.81. The highest BCUT2D eigenvalue weighted by molar-refractivity contribution is 5.96. The predicted molar refractivity (Wildman–Crippen MR) is 78.7 cm³/mol. The van der Waals surface area contributed by atoms with E-state index in [0.717, 1.165) is 25.7 Å². The van der Waals surface area contributed by atoms with Crippen LogP contribution in [0.5, 0.6) is 0 Å². The Hall–Kier alpha value is -1.10. The van der Waals surface area contributed by atoms with E-state index in [1.54, 1.807) is 11.8 Å². The molecule has 3 unspecified atom stereocenters. The standard InChI is InChI=1S/C16H26N2O3/c1-3-13-14(19)17-11(2)15(20)18(13)10-12-6-9-16(21-12)7-4-5-8-16/h11-13H,3-10H2,1-2H3,(H,17,19). The van der Waals surface area contributed by atoms with Gasteiger partial charge in [0, 0.05) is 6.54 Å². The van der Waals surface area contributed by atoms with E-state index in [0.29, 0.717) is 13.0 Å². The Labute approximate surface area is 126 Å². The van der Waals surface area contributed by atoms with Crippen molar-refractivity contribution in [2.45, 2.75) is 82.6 Å². The van der Waals surface area contributed by atoms with Crippen molar-refractivity contribution >= 4 is 11.8 Å². The van der Waals surface area contributed by atoms with Gasteiger partial charge in [-0.2, -0.15) is 0 Å². The molecule has 5 nitrogen and oxygen atoms in total. The Bertz CT molecular complexity index is 431. The van der Waals surface area contributed by atoms with Gasteiger partial charge >= 0.3 is 0 Å². The summed E-state index contributed by atoms with van der Waals surface area (Å²) in [5.74, 6) is -0.00408. The first kappa shape index (κ1) is 14.8. The van der Waals surface area contributed by atoms with Gasteiger partial charge in [0.1, 0.15) is 12.1 Å². The minimum Gasteiger partial charge on any atom is -0.370 e. The van der Waals surface area contributed by atoms with Gasteiger partial charge in [0.05, 0.1) is 11.7 Å². The highest BCUT2D eigenvalue weighted by Crippen LogP contribution is 2.43. The van der Waals surface area contributed by atoms with Crippen molar-refractivity contribution in [1.82, 2.24) is 10.2 Å². The zero-order valence-electron chi connectivity index (χ0n) is 13.1. The lowest BCUT2D eigenvalue weighted by Gasteiger charge is -2.39. The van der Waals surface area contributed by atoms with Crippen molar-refractivity contribution in [3.8, 4) is 0 Å². The Kier molecular flexibility index (Phi) is 3.95. The molecule has 2 aliphatic heterocycles. The molecular formula is C16H26N2O3. The molecule has 0 aromatic carbocycles. The summed E-state index contributed by atoms with van der Waals surface area (Å²) in [5, 5.41) is 2.76. The van der Waals surface area contributed by atoms with Crippen LogP contribution in [-0.4, -0.2) is 47.0 Å². The molecule has 0 aromatic rings. The zero-order chi connectivity index (χ0) is 15.0. The molecule has 3 atom stereocenters. The van der Waals surface area contributed by atoms with Crippen LogP contribution in [0.15, 0.2) is 0 Å². The summed E-state index contributed by atoms with van der Waals surface area (Å²) in [5.41, 5.74) is 0.0824. The number of ether oxygens (including phenoxy) is 1. The Morgan fingerprint density at radius 3 is 2.67 bits per heavy atom. The first-order chi connectivity index (χ1) is 10.0. The summed E-state index contributed by atoms with van der Waals surface area (Å²) in [6.45, 7) is 4.28. The summed E-state index contributed by atoms with van der Waals surface area (Å²) in [4.78, 5) is 26.2. The maximum absolute atomic E-state index is 12.4. The largest absolute Gasteiger partial charge is 0.370 e. The minimum absolute atomic E-state index is 0.0254. The molecule has 3 aliphatic rings. The Morgan fingerprint density at radius 2 is 2.00 bits per heavy atom. The van der Waals surface area contributed by atoms with Crippen LogP contribution in [0, 0.1) is 0 Å². The molecule has 21 heavy (non-hydrogen) atoms. The summed E-state index contributed by atoms with van der Waals surface area (Å²) >= 11 is 0. The van der Waals surface area contributed by atoms with Crippen LogP contribution < -0.4 is 5.32 Å². The molecule has 0 aromatic heterocycles. The number of nitrogens with one attached hydrogen (secondary N) is 1. The van der Waals surface area contributed by atoms with Crippen molar-refractivity contribution in [3.05, 3.63) is 0 Å². The second kappa shape index (κ2) is 5.59. The van der Waals surface area contributed by atoms with Gasteiger partial charge in [-0.05, 0) is 39.0 Å². The quantitative estimate of drug-likeness (QED) is 0.860. The molecule has 1 saturated carbocycles. The Morgan fingerprint density at radius 1 is 1.29 bits per heavy atom. The van der Waals surface area contributed by atoms with Crippen LogP contribution in [0.4, 0.5) is 0 Å². The number of amides is 2. The van der Waals surface area contributed by atoms with E-state index in [2.05, 4.69) is 5.32 Å². The molecular weight excluding hydrogens is 268 g/mol. The van der Waals surface area contributed by atoms with E-state index >= 15 is 0 Å². The maximum atomic E-state index is 12.4. The third-order valence-electron chi connectivity index (χ3n) is 5.33. The van der Waals surface area contributed by atoms with Crippen LogP contribution in [0.3, 0.4) is 0 Å². The van der Waals surface area contributed by atoms with Crippen molar-refractivity contribution in [1.29, 1.82) is 0 Å². The summed E-state index contributed by atoms with van der Waals surface area (Å²) in [6, 6.07) is -0.750. The molecule has 2 amide bonds. The summed E-state index contributed by atoms with van der Waals surface area (Å²) in [6.07, 6.45) is 7.70. The van der Waals surface area contributed by atoms with Crippen LogP contribution >= 0.6 is 0 Å². The molecule has 0 radical (unpaired) electrons. The molecule has 2 heterocycles. The summed E-state index contributed by atoms with van der Waals surface area (Å²) in [7, 11) is 0. The van der Waals surface area contributed by atoms with Gasteiger partial charge in [0.25, 0.3) is 0 Å². The molecule has 1 spiro atoms. The van der Waals surface area contributed by atoms with Crippen LogP contribution in [0.25, 0.3) is 0 Å². The third-order valence-corrected chi connectivity index (χ3v) is 5.33. The maximum Gasteiger partial charge on any atom is 0.245 e. The fourth-order valence-corrected chi connectivity index (χ4v) is 4.17. The smallest absolute Gasteiger partial charge is 0.245 e. The predicted octanol–water partition coefficient (Wildman–Crippen LogP) is 1.60. The molecule has 118 valence electrons. The summed E-state index contributed by atoms with van der Waals surface area (Å²) < 4.78 is 6.30. The van der Waals surface area contributed by atoms with E-state index < -0.39 is 6.04 Å². The van der Waals surface area contributed by atoms with E-state index in [4.69, 9.17) is 4.74 Å². The van der Waals surface area contributed by atoms with Gasteiger partial charge in [-0.15, -0.1) is 0 Å². The van der Waals surface area contributed by atoms with Gasteiger partial charge in [-0.3, -0.25) is 9.59 Å². The lowest BCUT2D eigenvalue weighted by molar-refractivity contribution is -0.152. The van der Waals surface area contributed by atoms with Crippen molar-refractivity contribution in [3.63, 3.8) is 0 Å². The molecule has 0 bridgehead atoms. The monoisotopic (exact) mass is 294 g/mol. The molecule has 1 N–H and O–H groups in total. The molecule has 3 rings (SSSR count). The van der Waals surface area contributed by atoms with Crippen LogP contribution in [-0.2, 0) is 14.3 Å². The fraction of sp³-hybridized carbons (Fsp3) is 0.875. The van der Waals surface area contributed by atoms with Gasteiger partial charge in [-0.1, -0.05) is 19.8 Å². The molecule has 1 aliphatic carbocycles. The van der Waals surface area contributed by atoms with Crippen molar-refractivity contribution in [2.24, 2.45) is 0 Å². The van der Waals surface area contributed by atoms with Gasteiger partial charge < -0.3 is 15.0 Å². The number of carbonyl (C=O) groups is 2. The van der Waals surface area contributed by atoms with Crippen LogP contribution in [0.2, 0.25) is 0 Å². The third kappa shape index (κ3) is 2.68. The first-order valence-corrected chi connectivity index (χ1v) is 8.33. The van der Waals surface area contributed by atoms with Crippen LogP contribution in [0.1, 0.15) is 58.8 Å². The molecule has 5 heteroatoms. The number of hydrogen-bond donors (Lipinski definition) is 1. The van der Waals surface area contributed by atoms with E-state index in [9.17, 15) is 9.59 Å². The molecule has 2 saturated heterocycles. The Balaban J connectivity index is 1.67. The number of rotatable bonds is 3. The lowest BCUT2D eigenvalue weighted by Crippen LogP contribution is -2.63. The highest BCUT2D eigenvalue weighted by atomic mass is 16.5. The van der Waals surface area contributed by atoms with Gasteiger partial charge in [0.15, 0.2) is 0 Å². The van der Waals surface area contributed by atoms with E-state index in [-0.39, 0.29) is 29.6 Å². The average Bonchev–Trinajstić information content (AvgIpc) is 3.07. The fourth-order valence-electron chi connectivity index (χ4n) is 4.17. The topological polar surface area (TPSA) is 58.6 Å². The number of nitrogens with zero attached hydrogens (tertiary/aromatic N) is 1. The number of piperazine rings is 1. The number of hydrogen-bond acceptors (Lipinski definition) is 3. The second-order valence-corrected chi connectivity index (χ2v) is 6.81. The molecule has 3 fully saturated rings. The van der Waals surface area contributed by atoms with Crippen molar-refractivity contribution in [2.75, 3.05) is 6.54 Å². The van der Waals surface area contributed by atoms with Gasteiger partial charge in [0.2, 0.25) is 11.8 Å². The van der Waals surface area contributed by atoms with Gasteiger partial charge in [-0.25, -0.2) is 0 Å². The SMILES string of the molecule is CCC1C(=O)NC(C)C(=O)N1CC1CCC2(CCCC2)O1. The lowest BCUT2D eigenvalue weighted by atomic mass is 9.98. The average molecular weight is 294 g/mol. The number of carbonyl (C=O) groups excluding carboxylic acids is 2. The van der Waals surface area contributed by atoms with E-state index in [1.165, 1.54) is 12.8 Å². The van der Waals surface area contributed by atoms with Crippen molar-refractivity contribution < 1.29 is 14.3 Å².